The van der Waals surface area contributed by atoms with Gasteiger partial charge in [0.1, 0.15) is 0 Å². The van der Waals surface area contributed by atoms with Gasteiger partial charge in [0.15, 0.2) is 0 Å². The zero-order chi connectivity index (χ0) is 11.0. The number of ether oxygens (including phenoxy) is 1. The Morgan fingerprint density at radius 2 is 2.00 bits per heavy atom. The fourth-order valence-corrected chi connectivity index (χ4v) is 0.852. The quantitative estimate of drug-likeness (QED) is 0.196. The Morgan fingerprint density at radius 3 is 2.43 bits per heavy atom. The number of hydrogen-bond donors (Lipinski definition) is 3. The molecule has 5 heteroatoms. The summed E-state index contributed by atoms with van der Waals surface area (Å²) in [7, 11) is 0. The minimum atomic E-state index is 0.248. The molecule has 0 saturated carbocycles. The zero-order valence-electron chi connectivity index (χ0n) is 9.50. The molecule has 0 aliphatic carbocycles. The van der Waals surface area contributed by atoms with Gasteiger partial charge in [-0.1, -0.05) is 0 Å². The molecular formula is C9H22N4O. The van der Waals surface area contributed by atoms with Gasteiger partial charge >= 0.3 is 0 Å². The van der Waals surface area contributed by atoms with E-state index >= 15 is 0 Å². The van der Waals surface area contributed by atoms with Gasteiger partial charge < -0.3 is 10.1 Å². The van der Waals surface area contributed by atoms with Gasteiger partial charge in [-0.15, -0.1) is 0 Å². The molecule has 0 heterocycles. The Balaban J connectivity index is 3.70. The molecule has 0 fully saturated rings. The van der Waals surface area contributed by atoms with E-state index in [2.05, 4.69) is 15.7 Å². The molecule has 0 saturated heterocycles. The molecule has 0 aliphatic rings. The van der Waals surface area contributed by atoms with Gasteiger partial charge in [-0.3, -0.25) is 5.43 Å². The van der Waals surface area contributed by atoms with Crippen LogP contribution in [0.5, 0.6) is 0 Å². The van der Waals surface area contributed by atoms with Crippen LogP contribution in [0.25, 0.3) is 0 Å². The number of nitrogens with two attached hydrogens (primary N) is 1. The highest BCUT2D eigenvalue weighted by Gasteiger charge is 1.97. The van der Waals surface area contributed by atoms with Crippen molar-refractivity contribution >= 4 is 5.96 Å². The van der Waals surface area contributed by atoms with Crippen LogP contribution >= 0.6 is 0 Å². The maximum absolute atomic E-state index is 5.34. The highest BCUT2D eigenvalue weighted by Crippen LogP contribution is 1.87. The Kier molecular flexibility index (Phi) is 7.14. The number of rotatable bonds is 5. The van der Waals surface area contributed by atoms with Gasteiger partial charge in [0.2, 0.25) is 5.96 Å². The van der Waals surface area contributed by atoms with E-state index in [0.29, 0.717) is 25.2 Å². The molecule has 0 amide bonds. The van der Waals surface area contributed by atoms with Gasteiger partial charge in [0.25, 0.3) is 0 Å². The minimum absolute atomic E-state index is 0.248. The fraction of sp³-hybridized carbons (Fsp3) is 0.889. The van der Waals surface area contributed by atoms with Crippen LogP contribution in [0.1, 0.15) is 27.7 Å². The second-order valence-electron chi connectivity index (χ2n) is 3.59. The van der Waals surface area contributed by atoms with Crippen LogP contribution in [0.4, 0.5) is 0 Å². The SMILES string of the molecule is CC(C)NC(=NCCOC(C)C)NN. The van der Waals surface area contributed by atoms with Crippen LogP contribution < -0.4 is 16.6 Å². The first-order valence-electron chi connectivity index (χ1n) is 4.95. The molecule has 0 aliphatic heterocycles. The van der Waals surface area contributed by atoms with Crippen molar-refractivity contribution in [3.05, 3.63) is 0 Å². The number of guanidine groups is 1. The summed E-state index contributed by atoms with van der Waals surface area (Å²) < 4.78 is 5.34. The highest BCUT2D eigenvalue weighted by molar-refractivity contribution is 5.79. The maximum Gasteiger partial charge on any atom is 0.206 e. The molecule has 0 rings (SSSR count). The topological polar surface area (TPSA) is 71.7 Å². The van der Waals surface area contributed by atoms with Gasteiger partial charge in [0, 0.05) is 6.04 Å². The summed E-state index contributed by atoms with van der Waals surface area (Å²) in [5, 5.41) is 3.08. The van der Waals surface area contributed by atoms with E-state index < -0.39 is 0 Å². The second kappa shape index (κ2) is 7.58. The molecule has 5 nitrogen and oxygen atoms in total. The average Bonchev–Trinajstić information content (AvgIpc) is 2.09. The lowest BCUT2D eigenvalue weighted by atomic mass is 10.4. The van der Waals surface area contributed by atoms with Crippen molar-refractivity contribution in [2.24, 2.45) is 10.8 Å². The van der Waals surface area contributed by atoms with Crippen molar-refractivity contribution < 1.29 is 4.74 Å². The largest absolute Gasteiger partial charge is 0.377 e. The smallest absolute Gasteiger partial charge is 0.206 e. The van der Waals surface area contributed by atoms with E-state index in [9.17, 15) is 0 Å². The molecule has 0 bridgehead atoms. The first-order valence-corrected chi connectivity index (χ1v) is 4.95. The zero-order valence-corrected chi connectivity index (χ0v) is 9.50. The van der Waals surface area contributed by atoms with E-state index in [1.807, 2.05) is 27.7 Å². The summed E-state index contributed by atoms with van der Waals surface area (Å²) in [6.07, 6.45) is 0.248. The summed E-state index contributed by atoms with van der Waals surface area (Å²) in [4.78, 5) is 4.20. The van der Waals surface area contributed by atoms with Crippen LogP contribution in [-0.4, -0.2) is 31.3 Å². The molecule has 0 radical (unpaired) electrons. The lowest BCUT2D eigenvalue weighted by Crippen LogP contribution is -2.44. The molecule has 0 spiro atoms. The molecule has 84 valence electrons. The molecule has 0 unspecified atom stereocenters. The Morgan fingerprint density at radius 1 is 1.36 bits per heavy atom. The monoisotopic (exact) mass is 202 g/mol. The third kappa shape index (κ3) is 7.82. The van der Waals surface area contributed by atoms with Gasteiger partial charge in [-0.05, 0) is 27.7 Å². The molecule has 0 aromatic heterocycles. The fourth-order valence-electron chi connectivity index (χ4n) is 0.852. The average molecular weight is 202 g/mol. The number of hydrazine groups is 1. The van der Waals surface area contributed by atoms with E-state index in [0.717, 1.165) is 0 Å². The predicted octanol–water partition coefficient (Wildman–Crippen LogP) is 0.229. The van der Waals surface area contributed by atoms with Crippen molar-refractivity contribution in [1.29, 1.82) is 0 Å². The van der Waals surface area contributed by atoms with Crippen molar-refractivity contribution in [3.8, 4) is 0 Å². The molecule has 4 N–H and O–H groups in total. The third-order valence-corrected chi connectivity index (χ3v) is 1.37. The molecule has 0 atom stereocenters. The van der Waals surface area contributed by atoms with Gasteiger partial charge in [-0.2, -0.15) is 0 Å². The number of nitrogens with one attached hydrogen (secondary N) is 2. The minimum Gasteiger partial charge on any atom is -0.377 e. The molecule has 0 aromatic carbocycles. The van der Waals surface area contributed by atoms with Gasteiger partial charge in [0.05, 0.1) is 19.3 Å². The maximum atomic E-state index is 5.34. The van der Waals surface area contributed by atoms with E-state index in [1.165, 1.54) is 0 Å². The van der Waals surface area contributed by atoms with Crippen LogP contribution in [0.3, 0.4) is 0 Å². The summed E-state index contributed by atoms with van der Waals surface area (Å²) in [6.45, 7) is 9.27. The van der Waals surface area contributed by atoms with Gasteiger partial charge in [-0.25, -0.2) is 10.8 Å². The van der Waals surface area contributed by atoms with Crippen molar-refractivity contribution in [2.75, 3.05) is 13.2 Å². The lowest BCUT2D eigenvalue weighted by molar-refractivity contribution is 0.0853. The second-order valence-corrected chi connectivity index (χ2v) is 3.59. The van der Waals surface area contributed by atoms with Crippen molar-refractivity contribution in [2.45, 2.75) is 39.8 Å². The Bertz CT molecular complexity index is 168. The molecule has 0 aromatic rings. The van der Waals surface area contributed by atoms with Crippen LogP contribution in [0, 0.1) is 0 Å². The summed E-state index contributed by atoms with van der Waals surface area (Å²) in [6, 6.07) is 0.316. The Hall–Kier alpha value is -0.810. The van der Waals surface area contributed by atoms with Crippen LogP contribution in [-0.2, 0) is 4.74 Å². The third-order valence-electron chi connectivity index (χ3n) is 1.37. The summed E-state index contributed by atoms with van der Waals surface area (Å²) in [5.41, 5.74) is 2.50. The summed E-state index contributed by atoms with van der Waals surface area (Å²) >= 11 is 0. The number of aliphatic imine (C=N–C) groups is 1. The number of hydrogen-bond acceptors (Lipinski definition) is 3. The van der Waals surface area contributed by atoms with Crippen LogP contribution in [0.15, 0.2) is 4.99 Å². The van der Waals surface area contributed by atoms with Crippen molar-refractivity contribution in [1.82, 2.24) is 10.7 Å². The van der Waals surface area contributed by atoms with E-state index in [-0.39, 0.29) is 6.10 Å². The lowest BCUT2D eigenvalue weighted by Gasteiger charge is -2.12. The molecule has 14 heavy (non-hydrogen) atoms. The van der Waals surface area contributed by atoms with Crippen LogP contribution in [0.2, 0.25) is 0 Å². The number of nitrogens with zero attached hydrogens (tertiary/aromatic N) is 1. The Labute approximate surface area is 86.1 Å². The van der Waals surface area contributed by atoms with E-state index in [4.69, 9.17) is 10.6 Å². The highest BCUT2D eigenvalue weighted by atomic mass is 16.5. The standard InChI is InChI=1S/C9H22N4O/c1-7(2)12-9(13-10)11-5-6-14-8(3)4/h7-8H,5-6,10H2,1-4H3,(H2,11,12,13). The predicted molar refractivity (Wildman–Crippen MR) is 59.0 cm³/mol. The molecular weight excluding hydrogens is 180 g/mol. The summed E-state index contributed by atoms with van der Waals surface area (Å²) in [5.74, 6) is 5.88. The van der Waals surface area contributed by atoms with E-state index in [1.54, 1.807) is 0 Å². The van der Waals surface area contributed by atoms with Crippen molar-refractivity contribution in [3.63, 3.8) is 0 Å². The normalized spacial score (nSPS) is 12.4. The first kappa shape index (κ1) is 13.2. The first-order chi connectivity index (χ1) is 6.56.